The number of hydrogen-bond donors (Lipinski definition) is 1. The second-order valence-corrected chi connectivity index (χ2v) is 9.37. The number of para-hydroxylation sites is 1. The standard InChI is InChI=1S/C20H27N3OS/c1-15-23(14-20(25-15)9-11-22(2)12-10-20)19(24)8-7-16-13-21-18-6-4-3-5-17(16)18/h3-6,13,15,21H,7-12,14H2,1-2H3/t15-/m1/s1. The topological polar surface area (TPSA) is 39.3 Å². The van der Waals surface area contributed by atoms with Crippen LogP contribution < -0.4 is 0 Å². The number of carbonyl (C=O) groups is 1. The third-order valence-corrected chi connectivity index (χ3v) is 7.45. The molecule has 0 aliphatic carbocycles. The van der Waals surface area contributed by atoms with Gasteiger partial charge < -0.3 is 14.8 Å². The van der Waals surface area contributed by atoms with Gasteiger partial charge in [0.05, 0.1) is 5.37 Å². The van der Waals surface area contributed by atoms with Crippen molar-refractivity contribution in [3.63, 3.8) is 0 Å². The van der Waals surface area contributed by atoms with E-state index >= 15 is 0 Å². The summed E-state index contributed by atoms with van der Waals surface area (Å²) in [5.41, 5.74) is 2.40. The molecular weight excluding hydrogens is 330 g/mol. The van der Waals surface area contributed by atoms with Crippen LogP contribution in [0.25, 0.3) is 10.9 Å². The van der Waals surface area contributed by atoms with Crippen molar-refractivity contribution in [2.45, 2.75) is 42.7 Å². The molecule has 2 saturated heterocycles. The first kappa shape index (κ1) is 17.0. The van der Waals surface area contributed by atoms with Crippen molar-refractivity contribution in [3.8, 4) is 0 Å². The summed E-state index contributed by atoms with van der Waals surface area (Å²) >= 11 is 2.03. The first-order chi connectivity index (χ1) is 12.1. The number of rotatable bonds is 3. The molecule has 1 spiro atoms. The number of carbonyl (C=O) groups excluding carboxylic acids is 1. The van der Waals surface area contributed by atoms with Crippen LogP contribution in [0.1, 0.15) is 31.7 Å². The molecule has 1 atom stereocenters. The maximum atomic E-state index is 12.9. The molecule has 2 aromatic rings. The van der Waals surface area contributed by atoms with Gasteiger partial charge in [-0.05, 0) is 58.0 Å². The summed E-state index contributed by atoms with van der Waals surface area (Å²) in [5.74, 6) is 0.307. The highest BCUT2D eigenvalue weighted by Gasteiger charge is 2.45. The number of piperidine rings is 1. The average Bonchev–Trinajstić information content (AvgIpc) is 3.17. The van der Waals surface area contributed by atoms with E-state index in [4.69, 9.17) is 0 Å². The Morgan fingerprint density at radius 2 is 2.08 bits per heavy atom. The van der Waals surface area contributed by atoms with Crippen molar-refractivity contribution in [2.24, 2.45) is 0 Å². The lowest BCUT2D eigenvalue weighted by Gasteiger charge is -2.36. The SMILES string of the molecule is C[C@H]1SC2(CCN(C)CC2)CN1C(=O)CCc1c[nH]c2ccccc12. The van der Waals surface area contributed by atoms with Crippen LogP contribution in [-0.2, 0) is 11.2 Å². The minimum Gasteiger partial charge on any atom is -0.361 e. The highest BCUT2D eigenvalue weighted by Crippen LogP contribution is 2.46. The van der Waals surface area contributed by atoms with Crippen molar-refractivity contribution in [1.29, 1.82) is 0 Å². The van der Waals surface area contributed by atoms with Crippen molar-refractivity contribution in [2.75, 3.05) is 26.7 Å². The third kappa shape index (κ3) is 3.32. The Labute approximate surface area is 153 Å². The van der Waals surface area contributed by atoms with Crippen molar-refractivity contribution in [3.05, 3.63) is 36.0 Å². The van der Waals surface area contributed by atoms with Crippen LogP contribution in [0.4, 0.5) is 0 Å². The summed E-state index contributed by atoms with van der Waals surface area (Å²) in [7, 11) is 2.19. The molecule has 0 saturated carbocycles. The fourth-order valence-corrected chi connectivity index (χ4v) is 5.89. The Bertz CT molecular complexity index is 763. The maximum Gasteiger partial charge on any atom is 0.223 e. The molecule has 3 heterocycles. The zero-order chi connectivity index (χ0) is 17.4. The summed E-state index contributed by atoms with van der Waals surface area (Å²) in [6.45, 7) is 5.43. The van der Waals surface area contributed by atoms with Crippen LogP contribution >= 0.6 is 11.8 Å². The van der Waals surface area contributed by atoms with E-state index in [-0.39, 0.29) is 0 Å². The molecule has 2 aliphatic heterocycles. The molecule has 0 radical (unpaired) electrons. The number of likely N-dealkylation sites (tertiary alicyclic amines) is 1. The van der Waals surface area contributed by atoms with E-state index in [1.807, 2.05) is 17.8 Å². The summed E-state index contributed by atoms with van der Waals surface area (Å²) in [6.07, 6.45) is 5.86. The number of nitrogens with one attached hydrogen (secondary N) is 1. The molecule has 5 heteroatoms. The molecule has 4 nitrogen and oxygen atoms in total. The second kappa shape index (κ2) is 6.69. The van der Waals surface area contributed by atoms with Crippen LogP contribution in [0, 0.1) is 0 Å². The van der Waals surface area contributed by atoms with E-state index < -0.39 is 0 Å². The Morgan fingerprint density at radius 1 is 1.32 bits per heavy atom. The molecule has 0 unspecified atom stereocenters. The summed E-state index contributed by atoms with van der Waals surface area (Å²) < 4.78 is 0.294. The predicted molar refractivity (Wildman–Crippen MR) is 105 cm³/mol. The molecule has 0 bridgehead atoms. The smallest absolute Gasteiger partial charge is 0.223 e. The number of aromatic amines is 1. The van der Waals surface area contributed by atoms with E-state index in [2.05, 4.69) is 53.2 Å². The Morgan fingerprint density at radius 3 is 2.88 bits per heavy atom. The van der Waals surface area contributed by atoms with E-state index in [1.165, 1.54) is 23.8 Å². The summed E-state index contributed by atoms with van der Waals surface area (Å²) in [4.78, 5) is 20.7. The average molecular weight is 358 g/mol. The lowest BCUT2D eigenvalue weighted by Crippen LogP contribution is -2.44. The molecule has 4 rings (SSSR count). The van der Waals surface area contributed by atoms with Gasteiger partial charge >= 0.3 is 0 Å². The van der Waals surface area contributed by atoms with Gasteiger partial charge in [-0.3, -0.25) is 4.79 Å². The molecule has 134 valence electrons. The predicted octanol–water partition coefficient (Wildman–Crippen LogP) is 3.49. The number of H-pyrrole nitrogens is 1. The van der Waals surface area contributed by atoms with Gasteiger partial charge in [0.15, 0.2) is 0 Å². The van der Waals surface area contributed by atoms with Crippen LogP contribution in [0.5, 0.6) is 0 Å². The fraction of sp³-hybridized carbons (Fsp3) is 0.550. The fourth-order valence-electron chi connectivity index (χ4n) is 4.22. The van der Waals surface area contributed by atoms with Crippen LogP contribution in [-0.4, -0.2) is 57.5 Å². The van der Waals surface area contributed by atoms with Crippen LogP contribution in [0.3, 0.4) is 0 Å². The van der Waals surface area contributed by atoms with Gasteiger partial charge in [0.25, 0.3) is 0 Å². The Balaban J connectivity index is 1.39. The molecule has 1 N–H and O–H groups in total. The third-order valence-electron chi connectivity index (χ3n) is 5.82. The van der Waals surface area contributed by atoms with Gasteiger partial charge in [-0.2, -0.15) is 0 Å². The van der Waals surface area contributed by atoms with Gasteiger partial charge in [0.2, 0.25) is 5.91 Å². The molecule has 1 aromatic heterocycles. The number of benzene rings is 1. The molecule has 2 fully saturated rings. The zero-order valence-corrected chi connectivity index (χ0v) is 15.9. The molecule has 25 heavy (non-hydrogen) atoms. The number of aryl methyl sites for hydroxylation is 1. The van der Waals surface area contributed by atoms with E-state index in [0.29, 0.717) is 22.4 Å². The summed E-state index contributed by atoms with van der Waals surface area (Å²) in [5, 5.41) is 1.55. The monoisotopic (exact) mass is 357 g/mol. The van der Waals surface area contributed by atoms with Gasteiger partial charge in [-0.1, -0.05) is 18.2 Å². The van der Waals surface area contributed by atoms with Crippen molar-refractivity contribution < 1.29 is 4.79 Å². The minimum atomic E-state index is 0.294. The number of fused-ring (bicyclic) bond motifs is 1. The second-order valence-electron chi connectivity index (χ2n) is 7.58. The zero-order valence-electron chi connectivity index (χ0n) is 15.1. The number of amides is 1. The number of thioether (sulfide) groups is 1. The quantitative estimate of drug-likeness (QED) is 0.914. The van der Waals surface area contributed by atoms with E-state index in [9.17, 15) is 4.79 Å². The number of aromatic nitrogens is 1. The number of hydrogen-bond acceptors (Lipinski definition) is 3. The van der Waals surface area contributed by atoms with Gasteiger partial charge in [-0.15, -0.1) is 11.8 Å². The van der Waals surface area contributed by atoms with Gasteiger partial charge in [-0.25, -0.2) is 0 Å². The van der Waals surface area contributed by atoms with Crippen LogP contribution in [0.15, 0.2) is 30.5 Å². The van der Waals surface area contributed by atoms with Gasteiger partial charge in [0, 0.05) is 34.8 Å². The van der Waals surface area contributed by atoms with Gasteiger partial charge in [0.1, 0.15) is 0 Å². The summed E-state index contributed by atoms with van der Waals surface area (Å²) in [6, 6.07) is 8.32. The van der Waals surface area contributed by atoms with E-state index in [0.717, 1.165) is 31.6 Å². The highest BCUT2D eigenvalue weighted by molar-refractivity contribution is 8.01. The number of nitrogens with zero attached hydrogens (tertiary/aromatic N) is 2. The first-order valence-electron chi connectivity index (χ1n) is 9.27. The normalized spacial score (nSPS) is 23.6. The Kier molecular flexibility index (Phi) is 4.54. The van der Waals surface area contributed by atoms with E-state index in [1.54, 1.807) is 0 Å². The lowest BCUT2D eigenvalue weighted by atomic mass is 9.95. The Hall–Kier alpha value is -1.46. The molecular formula is C20H27N3OS. The molecule has 1 amide bonds. The largest absolute Gasteiger partial charge is 0.361 e. The lowest BCUT2D eigenvalue weighted by molar-refractivity contribution is -0.131. The maximum absolute atomic E-state index is 12.9. The highest BCUT2D eigenvalue weighted by atomic mass is 32.2. The van der Waals surface area contributed by atoms with Crippen LogP contribution in [0.2, 0.25) is 0 Å². The van der Waals surface area contributed by atoms with Crippen molar-refractivity contribution >= 4 is 28.6 Å². The molecule has 1 aromatic carbocycles. The van der Waals surface area contributed by atoms with Crippen molar-refractivity contribution in [1.82, 2.24) is 14.8 Å². The minimum absolute atomic E-state index is 0.294. The first-order valence-corrected chi connectivity index (χ1v) is 10.2. The molecule has 2 aliphatic rings.